The van der Waals surface area contributed by atoms with E-state index in [9.17, 15) is 0 Å². The quantitative estimate of drug-likeness (QED) is 0.690. The third-order valence-corrected chi connectivity index (χ3v) is 2.38. The molecule has 0 atom stereocenters. The molecule has 12 heavy (non-hydrogen) atoms. The molecule has 2 heteroatoms. The maximum Gasteiger partial charge on any atom is 0.0441 e. The number of rotatable bonds is 2. The minimum atomic E-state index is 0.826. The van der Waals surface area contributed by atoms with Gasteiger partial charge < -0.3 is 0 Å². The highest BCUT2D eigenvalue weighted by Gasteiger charge is 1.93. The van der Waals surface area contributed by atoms with Crippen LogP contribution in [0.1, 0.15) is 11.1 Å². The van der Waals surface area contributed by atoms with E-state index in [0.717, 1.165) is 21.5 Å². The van der Waals surface area contributed by atoms with Crippen molar-refractivity contribution in [1.82, 2.24) is 0 Å². The molecule has 0 aliphatic carbocycles. The molecule has 0 saturated carbocycles. The number of halogens is 2. The van der Waals surface area contributed by atoms with Crippen LogP contribution < -0.4 is 0 Å². The van der Waals surface area contributed by atoms with Gasteiger partial charge in [0.05, 0.1) is 0 Å². The average Bonchev–Trinajstić information content (AvgIpc) is 2.07. The second-order valence-corrected chi connectivity index (χ2v) is 3.62. The van der Waals surface area contributed by atoms with Gasteiger partial charge in [0.15, 0.2) is 0 Å². The van der Waals surface area contributed by atoms with E-state index in [2.05, 4.69) is 22.0 Å². The molecule has 1 rings (SSSR count). The summed E-state index contributed by atoms with van der Waals surface area (Å²) < 4.78 is 0. The predicted octanol–water partition coefficient (Wildman–Crippen LogP) is 4.06. The Morgan fingerprint density at radius 3 is 2.83 bits per heavy atom. The van der Waals surface area contributed by atoms with Gasteiger partial charge >= 0.3 is 0 Å². The summed E-state index contributed by atoms with van der Waals surface area (Å²) in [6.07, 6.45) is 4.08. The molecule has 0 spiro atoms. The van der Waals surface area contributed by atoms with Crippen LogP contribution in [0.2, 0.25) is 5.02 Å². The van der Waals surface area contributed by atoms with E-state index in [-0.39, 0.29) is 0 Å². The maximum atomic E-state index is 5.95. The lowest BCUT2D eigenvalue weighted by molar-refractivity contribution is 1.46. The summed E-state index contributed by atoms with van der Waals surface area (Å²) in [5, 5.41) is 1.70. The van der Waals surface area contributed by atoms with Crippen molar-refractivity contribution in [3.63, 3.8) is 0 Å². The molecule has 0 heterocycles. The number of hydrogen-bond donors (Lipinski definition) is 0. The summed E-state index contributed by atoms with van der Waals surface area (Å²) in [7, 11) is 0. The van der Waals surface area contributed by atoms with Crippen LogP contribution in [0.5, 0.6) is 0 Å². The van der Waals surface area contributed by atoms with Gasteiger partial charge in [0, 0.05) is 10.4 Å². The molecule has 0 bridgehead atoms. The molecular formula is C10H10BrCl. The first-order valence-corrected chi connectivity index (χ1v) is 5.22. The number of hydrogen-bond acceptors (Lipinski definition) is 0. The molecule has 0 amide bonds. The van der Waals surface area contributed by atoms with Gasteiger partial charge in [0.25, 0.3) is 0 Å². The lowest BCUT2D eigenvalue weighted by atomic mass is 10.1. The summed E-state index contributed by atoms with van der Waals surface area (Å²) in [6.45, 7) is 2.00. The molecule has 0 N–H and O–H groups in total. The summed E-state index contributed by atoms with van der Waals surface area (Å²) >= 11 is 9.27. The third-order valence-electron chi connectivity index (χ3n) is 1.60. The van der Waals surface area contributed by atoms with E-state index >= 15 is 0 Å². The summed E-state index contributed by atoms with van der Waals surface area (Å²) in [5.41, 5.74) is 2.26. The predicted molar refractivity (Wildman–Crippen MR) is 59.0 cm³/mol. The molecule has 0 aliphatic heterocycles. The van der Waals surface area contributed by atoms with Gasteiger partial charge in [-0.3, -0.25) is 0 Å². The largest absolute Gasteiger partial charge is 0.0883 e. The Bertz CT molecular complexity index is 292. The highest BCUT2D eigenvalue weighted by Crippen LogP contribution is 2.17. The minimum Gasteiger partial charge on any atom is -0.0883 e. The van der Waals surface area contributed by atoms with Gasteiger partial charge in [0.1, 0.15) is 0 Å². The zero-order valence-corrected chi connectivity index (χ0v) is 9.19. The lowest BCUT2D eigenvalue weighted by Crippen LogP contribution is -1.77. The van der Waals surface area contributed by atoms with Gasteiger partial charge in [-0.25, -0.2) is 0 Å². The number of aryl methyl sites for hydroxylation is 1. The van der Waals surface area contributed by atoms with Crippen molar-refractivity contribution in [3.8, 4) is 0 Å². The molecule has 0 aromatic heterocycles. The number of alkyl halides is 1. The van der Waals surface area contributed by atoms with Gasteiger partial charge in [-0.05, 0) is 24.1 Å². The van der Waals surface area contributed by atoms with Crippen molar-refractivity contribution < 1.29 is 0 Å². The molecular weight excluding hydrogens is 235 g/mol. The van der Waals surface area contributed by atoms with Crippen molar-refractivity contribution in [2.45, 2.75) is 6.92 Å². The van der Waals surface area contributed by atoms with E-state index in [1.54, 1.807) is 0 Å². The molecule has 1 aromatic carbocycles. The maximum absolute atomic E-state index is 5.95. The Morgan fingerprint density at radius 1 is 1.50 bits per heavy atom. The molecule has 0 saturated heterocycles. The van der Waals surface area contributed by atoms with E-state index in [1.807, 2.05) is 31.2 Å². The second-order valence-electron chi connectivity index (χ2n) is 2.57. The van der Waals surface area contributed by atoms with Crippen LogP contribution in [0.25, 0.3) is 6.08 Å². The van der Waals surface area contributed by atoms with Crippen LogP contribution in [-0.2, 0) is 0 Å². The van der Waals surface area contributed by atoms with Crippen molar-refractivity contribution in [3.05, 3.63) is 40.4 Å². The van der Waals surface area contributed by atoms with Crippen molar-refractivity contribution in [1.29, 1.82) is 0 Å². The van der Waals surface area contributed by atoms with Crippen molar-refractivity contribution in [2.75, 3.05) is 5.33 Å². The van der Waals surface area contributed by atoms with E-state index in [1.165, 1.54) is 0 Å². The van der Waals surface area contributed by atoms with Crippen molar-refractivity contribution in [2.24, 2.45) is 0 Å². The van der Waals surface area contributed by atoms with Crippen molar-refractivity contribution >= 4 is 33.6 Å². The van der Waals surface area contributed by atoms with Gasteiger partial charge in [-0.15, -0.1) is 0 Å². The Morgan fingerprint density at radius 2 is 2.25 bits per heavy atom. The highest BCUT2D eigenvalue weighted by atomic mass is 79.9. The van der Waals surface area contributed by atoms with Crippen LogP contribution in [0, 0.1) is 6.92 Å². The monoisotopic (exact) mass is 244 g/mol. The smallest absolute Gasteiger partial charge is 0.0441 e. The fourth-order valence-electron chi connectivity index (χ4n) is 0.893. The molecule has 0 nitrogen and oxygen atoms in total. The summed E-state index contributed by atoms with van der Waals surface area (Å²) in [5.74, 6) is 0. The summed E-state index contributed by atoms with van der Waals surface area (Å²) in [4.78, 5) is 0. The highest BCUT2D eigenvalue weighted by molar-refractivity contribution is 9.09. The van der Waals surface area contributed by atoms with E-state index in [0.29, 0.717) is 0 Å². The SMILES string of the molecule is Cc1ccc(/C=C/CBr)cc1Cl. The van der Waals surface area contributed by atoms with Crippen LogP contribution in [0.3, 0.4) is 0 Å². The normalized spacial score (nSPS) is 10.9. The summed E-state index contributed by atoms with van der Waals surface area (Å²) in [6, 6.07) is 6.05. The minimum absolute atomic E-state index is 0.826. The van der Waals surface area contributed by atoms with E-state index < -0.39 is 0 Å². The molecule has 0 radical (unpaired) electrons. The topological polar surface area (TPSA) is 0 Å². The molecule has 64 valence electrons. The van der Waals surface area contributed by atoms with Gasteiger partial charge in [0.2, 0.25) is 0 Å². The first-order chi connectivity index (χ1) is 5.74. The second kappa shape index (κ2) is 4.68. The zero-order valence-electron chi connectivity index (χ0n) is 6.85. The fraction of sp³-hybridized carbons (Fsp3) is 0.200. The molecule has 1 aromatic rings. The van der Waals surface area contributed by atoms with Crippen LogP contribution >= 0.6 is 27.5 Å². The average molecular weight is 246 g/mol. The molecule has 0 aliphatic rings. The first kappa shape index (κ1) is 9.82. The third kappa shape index (κ3) is 2.65. The molecule has 0 unspecified atom stereocenters. The number of benzene rings is 1. The van der Waals surface area contributed by atoms with Crippen LogP contribution in [-0.4, -0.2) is 5.33 Å². The Hall–Kier alpha value is -0.270. The van der Waals surface area contributed by atoms with Gasteiger partial charge in [-0.1, -0.05) is 51.8 Å². The number of allylic oxidation sites excluding steroid dienone is 1. The van der Waals surface area contributed by atoms with Gasteiger partial charge in [-0.2, -0.15) is 0 Å². The first-order valence-electron chi connectivity index (χ1n) is 3.72. The fourth-order valence-corrected chi connectivity index (χ4v) is 1.27. The van der Waals surface area contributed by atoms with E-state index in [4.69, 9.17) is 11.6 Å². The Kier molecular flexibility index (Phi) is 3.83. The Balaban J connectivity index is 2.89. The van der Waals surface area contributed by atoms with Crippen LogP contribution in [0.4, 0.5) is 0 Å². The standard InChI is InChI=1S/C10H10BrCl/c1-8-4-5-9(3-2-6-11)7-10(8)12/h2-5,7H,6H2,1H3/b3-2+. The Labute approximate surface area is 86.4 Å². The van der Waals surface area contributed by atoms with Crippen LogP contribution in [0.15, 0.2) is 24.3 Å². The lowest BCUT2D eigenvalue weighted by Gasteiger charge is -1.98. The molecule has 0 fully saturated rings. The zero-order chi connectivity index (χ0) is 8.97.